The summed E-state index contributed by atoms with van der Waals surface area (Å²) in [6.45, 7) is 7.02. The molecule has 0 atom stereocenters. The van der Waals surface area contributed by atoms with Gasteiger partial charge in [-0.1, -0.05) is 90.5 Å². The molecule has 2 heterocycles. The summed E-state index contributed by atoms with van der Waals surface area (Å²) in [5.74, 6) is 0.888. The van der Waals surface area contributed by atoms with E-state index < -0.39 is 0 Å². The van der Waals surface area contributed by atoms with Gasteiger partial charge in [-0.2, -0.15) is 9.61 Å². The number of para-hydroxylation sites is 1. The van der Waals surface area contributed by atoms with E-state index in [1.54, 1.807) is 22.8 Å². The Hall–Kier alpha value is -5.43. The van der Waals surface area contributed by atoms with Gasteiger partial charge in [0.1, 0.15) is 11.6 Å². The molecule has 1 amide bonds. The zero-order valence-electron chi connectivity index (χ0n) is 24.6. The van der Waals surface area contributed by atoms with E-state index in [1.165, 1.54) is 5.56 Å². The maximum absolute atomic E-state index is 12.5. The summed E-state index contributed by atoms with van der Waals surface area (Å²) in [5.41, 5.74) is 8.11. The highest BCUT2D eigenvalue weighted by atomic mass is 16.3. The van der Waals surface area contributed by atoms with Crippen molar-refractivity contribution in [3.8, 4) is 17.0 Å². The van der Waals surface area contributed by atoms with Crippen molar-refractivity contribution in [1.29, 1.82) is 0 Å². The first-order chi connectivity index (χ1) is 20.9. The summed E-state index contributed by atoms with van der Waals surface area (Å²) in [4.78, 5) is 17.2. The lowest BCUT2D eigenvalue weighted by Gasteiger charge is -2.12. The average molecular weight is 570 g/mol. The number of carbonyl (C=O) groups is 1. The van der Waals surface area contributed by atoms with Crippen molar-refractivity contribution in [1.82, 2.24) is 19.9 Å². The van der Waals surface area contributed by atoms with Crippen LogP contribution in [0, 0.1) is 20.8 Å². The number of hydrogen-bond acceptors (Lipinski definition) is 5. The largest absolute Gasteiger partial charge is 0.507 e. The number of nitrogens with zero attached hydrogens (tertiary/aromatic N) is 3. The lowest BCUT2D eigenvalue weighted by molar-refractivity contribution is 0.0950. The lowest BCUT2D eigenvalue weighted by Crippen LogP contribution is -2.23. The van der Waals surface area contributed by atoms with Gasteiger partial charge in [-0.3, -0.25) is 4.79 Å². The quantitative estimate of drug-likeness (QED) is 0.188. The topological polar surface area (TPSA) is 91.5 Å². The minimum Gasteiger partial charge on any atom is -0.507 e. The van der Waals surface area contributed by atoms with Gasteiger partial charge in [0, 0.05) is 35.8 Å². The van der Waals surface area contributed by atoms with Gasteiger partial charge in [-0.25, -0.2) is 4.98 Å². The normalized spacial score (nSPS) is 10.6. The molecule has 0 aliphatic rings. The number of benzene rings is 4. The number of phenols is 1. The Bertz CT molecular complexity index is 1830. The van der Waals surface area contributed by atoms with Crippen molar-refractivity contribution in [2.24, 2.45) is 0 Å². The van der Waals surface area contributed by atoms with Crippen LogP contribution in [0.15, 0.2) is 115 Å². The average Bonchev–Trinajstić information content (AvgIpc) is 3.41. The van der Waals surface area contributed by atoms with Gasteiger partial charge in [0.15, 0.2) is 5.65 Å². The summed E-state index contributed by atoms with van der Waals surface area (Å²) < 4.78 is 1.77. The number of carbonyl (C=O) groups excluding carboxylic acids is 1. The van der Waals surface area contributed by atoms with E-state index >= 15 is 0 Å². The van der Waals surface area contributed by atoms with E-state index in [0.717, 1.165) is 33.7 Å². The molecule has 0 aliphatic carbocycles. The number of aromatic nitrogens is 3. The molecule has 43 heavy (non-hydrogen) atoms. The lowest BCUT2D eigenvalue weighted by atomic mass is 10.1. The molecule has 216 valence electrons. The molecule has 0 saturated carbocycles. The van der Waals surface area contributed by atoms with Crippen LogP contribution < -0.4 is 10.6 Å². The second-order valence-corrected chi connectivity index (χ2v) is 10.4. The van der Waals surface area contributed by atoms with Crippen LogP contribution in [0.25, 0.3) is 16.9 Å². The second-order valence-electron chi connectivity index (χ2n) is 10.4. The van der Waals surface area contributed by atoms with Crippen LogP contribution in [0.2, 0.25) is 0 Å². The molecule has 7 heteroatoms. The van der Waals surface area contributed by atoms with Crippen LogP contribution >= 0.6 is 0 Å². The second kappa shape index (κ2) is 13.5. The molecule has 2 aromatic heterocycles. The monoisotopic (exact) mass is 569 g/mol. The van der Waals surface area contributed by atoms with Crippen molar-refractivity contribution in [3.05, 3.63) is 149 Å². The fourth-order valence-corrected chi connectivity index (χ4v) is 4.63. The van der Waals surface area contributed by atoms with Crippen LogP contribution in [0.5, 0.6) is 5.75 Å². The molecule has 0 saturated heterocycles. The number of aromatic hydroxyl groups is 1. The zero-order chi connectivity index (χ0) is 30.2. The fourth-order valence-electron chi connectivity index (χ4n) is 4.63. The summed E-state index contributed by atoms with van der Waals surface area (Å²) in [6, 6.07) is 35.0. The number of rotatable bonds is 7. The van der Waals surface area contributed by atoms with Gasteiger partial charge in [-0.05, 0) is 55.7 Å². The van der Waals surface area contributed by atoms with E-state index in [-0.39, 0.29) is 11.7 Å². The first kappa shape index (κ1) is 29.1. The number of hydrogen-bond donors (Lipinski definition) is 3. The summed E-state index contributed by atoms with van der Waals surface area (Å²) in [7, 11) is 0. The summed E-state index contributed by atoms with van der Waals surface area (Å²) >= 11 is 0. The minimum atomic E-state index is -0.0738. The Morgan fingerprint density at radius 3 is 2.09 bits per heavy atom. The van der Waals surface area contributed by atoms with Crippen LogP contribution in [-0.4, -0.2) is 25.6 Å². The van der Waals surface area contributed by atoms with E-state index in [9.17, 15) is 9.90 Å². The number of amides is 1. The fraction of sp³-hybridized carbons (Fsp3) is 0.139. The first-order valence-electron chi connectivity index (χ1n) is 14.2. The highest BCUT2D eigenvalue weighted by Crippen LogP contribution is 2.30. The molecule has 0 radical (unpaired) electrons. The smallest absolute Gasteiger partial charge is 0.251 e. The third-order valence-corrected chi connectivity index (χ3v) is 7.11. The molecular formula is C36H35N5O2. The Morgan fingerprint density at radius 1 is 0.767 bits per heavy atom. The standard InChI is InChI=1S/C29H27N5O2.C7H8/c1-19-7-3-4-8-23(19)29(36)31-18-22-13-11-21(12-14-22)17-30-27-15-25(24-9-5-6-10-26(24)35)33-28-20(2)16-32-34(27)28;1-7-5-3-2-4-6-7/h3-16,30,35H,17-18H2,1-2H3,(H,31,36);2-6H,1H3. The molecule has 4 aromatic carbocycles. The first-order valence-corrected chi connectivity index (χ1v) is 14.2. The highest BCUT2D eigenvalue weighted by molar-refractivity contribution is 5.95. The number of nitrogens with one attached hydrogen (secondary N) is 2. The maximum atomic E-state index is 12.5. The van der Waals surface area contributed by atoms with Gasteiger partial charge in [-0.15, -0.1) is 0 Å². The third kappa shape index (κ3) is 7.26. The van der Waals surface area contributed by atoms with Crippen molar-refractivity contribution in [2.45, 2.75) is 33.9 Å². The van der Waals surface area contributed by atoms with Gasteiger partial charge in [0.2, 0.25) is 0 Å². The Labute approximate surface area is 251 Å². The maximum Gasteiger partial charge on any atom is 0.251 e. The van der Waals surface area contributed by atoms with E-state index in [2.05, 4.69) is 34.8 Å². The van der Waals surface area contributed by atoms with E-state index in [1.807, 2.05) is 98.8 Å². The molecule has 6 rings (SSSR count). The number of anilines is 1. The molecule has 0 fully saturated rings. The molecule has 6 aromatic rings. The van der Waals surface area contributed by atoms with Gasteiger partial charge in [0.25, 0.3) is 5.91 Å². The van der Waals surface area contributed by atoms with Gasteiger partial charge < -0.3 is 15.7 Å². The third-order valence-electron chi connectivity index (χ3n) is 7.11. The number of phenolic OH excluding ortho intramolecular Hbond substituents is 1. The predicted molar refractivity (Wildman–Crippen MR) is 172 cm³/mol. The Balaban J connectivity index is 0.000000463. The molecule has 0 bridgehead atoms. The molecular weight excluding hydrogens is 534 g/mol. The molecule has 0 aliphatic heterocycles. The summed E-state index contributed by atoms with van der Waals surface area (Å²) in [5, 5.41) is 21.2. The molecule has 7 nitrogen and oxygen atoms in total. The van der Waals surface area contributed by atoms with Gasteiger partial charge in [0.05, 0.1) is 11.9 Å². The van der Waals surface area contributed by atoms with E-state index in [4.69, 9.17) is 4.98 Å². The molecule has 3 N–H and O–H groups in total. The number of fused-ring (bicyclic) bond motifs is 1. The molecule has 0 spiro atoms. The highest BCUT2D eigenvalue weighted by Gasteiger charge is 2.13. The molecule has 0 unspecified atom stereocenters. The van der Waals surface area contributed by atoms with Crippen molar-refractivity contribution >= 4 is 17.4 Å². The van der Waals surface area contributed by atoms with Crippen LogP contribution in [0.3, 0.4) is 0 Å². The number of aryl methyl sites for hydroxylation is 3. The van der Waals surface area contributed by atoms with Crippen molar-refractivity contribution in [3.63, 3.8) is 0 Å². The van der Waals surface area contributed by atoms with Crippen molar-refractivity contribution < 1.29 is 9.90 Å². The summed E-state index contributed by atoms with van der Waals surface area (Å²) in [6.07, 6.45) is 1.78. The Morgan fingerprint density at radius 2 is 1.42 bits per heavy atom. The van der Waals surface area contributed by atoms with Crippen LogP contribution in [-0.2, 0) is 13.1 Å². The van der Waals surface area contributed by atoms with E-state index in [0.29, 0.717) is 29.9 Å². The predicted octanol–water partition coefficient (Wildman–Crippen LogP) is 7.26. The SMILES string of the molecule is Cc1ccccc1.Cc1ccccc1C(=O)NCc1ccc(CNc2cc(-c3ccccc3O)nc3c(C)cnn23)cc1. The minimum absolute atomic E-state index is 0.0738. The van der Waals surface area contributed by atoms with Crippen LogP contribution in [0.1, 0.15) is 38.2 Å². The van der Waals surface area contributed by atoms with Crippen LogP contribution in [0.4, 0.5) is 5.82 Å². The Kier molecular flexibility index (Phi) is 9.12. The van der Waals surface area contributed by atoms with Gasteiger partial charge >= 0.3 is 0 Å². The van der Waals surface area contributed by atoms with Crippen molar-refractivity contribution in [2.75, 3.05) is 5.32 Å². The zero-order valence-corrected chi connectivity index (χ0v) is 24.6.